The average Bonchev–Trinajstić information content (AvgIpc) is 2.37. The standard InChI is InChI=1S/C12H10N2O4S/c15-12-7-2-1-6-11(12)14-13-9-4-3-5-10(8-9)19(16,17)18/h1-8,15H,(H,16,17,18). The fourth-order valence-corrected chi connectivity index (χ4v) is 1.89. The SMILES string of the molecule is O=S(=O)(O)c1cccc(N=Nc2ccccc2O)c1. The number of hydrogen-bond acceptors (Lipinski definition) is 5. The van der Waals surface area contributed by atoms with Crippen molar-refractivity contribution < 1.29 is 18.1 Å². The minimum Gasteiger partial charge on any atom is -0.506 e. The molecule has 0 aromatic heterocycles. The Bertz CT molecular complexity index is 726. The zero-order valence-electron chi connectivity index (χ0n) is 9.63. The second-order valence-electron chi connectivity index (χ2n) is 3.66. The van der Waals surface area contributed by atoms with Crippen LogP contribution in [0.4, 0.5) is 11.4 Å². The molecular formula is C12H10N2O4S. The molecule has 19 heavy (non-hydrogen) atoms. The van der Waals surface area contributed by atoms with E-state index in [0.717, 1.165) is 0 Å². The van der Waals surface area contributed by atoms with Gasteiger partial charge in [0.15, 0.2) is 0 Å². The van der Waals surface area contributed by atoms with Crippen LogP contribution in [-0.2, 0) is 10.1 Å². The van der Waals surface area contributed by atoms with E-state index in [0.29, 0.717) is 0 Å². The monoisotopic (exact) mass is 278 g/mol. The molecule has 0 aliphatic carbocycles. The van der Waals surface area contributed by atoms with Gasteiger partial charge in [-0.25, -0.2) is 0 Å². The number of nitrogens with zero attached hydrogens (tertiary/aromatic N) is 2. The molecule has 0 fully saturated rings. The summed E-state index contributed by atoms with van der Waals surface area (Å²) in [5, 5.41) is 17.1. The summed E-state index contributed by atoms with van der Waals surface area (Å²) < 4.78 is 30.8. The molecule has 2 N–H and O–H groups in total. The molecule has 2 rings (SSSR count). The number of para-hydroxylation sites is 1. The summed E-state index contributed by atoms with van der Waals surface area (Å²) in [6, 6.07) is 11.7. The molecule has 2 aromatic rings. The van der Waals surface area contributed by atoms with Gasteiger partial charge in [-0.15, -0.1) is 5.11 Å². The normalized spacial score (nSPS) is 11.8. The third-order valence-corrected chi connectivity index (χ3v) is 3.12. The largest absolute Gasteiger partial charge is 0.506 e. The van der Waals surface area contributed by atoms with Gasteiger partial charge in [0.25, 0.3) is 10.1 Å². The first-order chi connectivity index (χ1) is 8.97. The number of hydrogen-bond donors (Lipinski definition) is 2. The molecule has 6 nitrogen and oxygen atoms in total. The quantitative estimate of drug-likeness (QED) is 0.665. The van der Waals surface area contributed by atoms with Crippen molar-refractivity contribution in [3.63, 3.8) is 0 Å². The number of aromatic hydroxyl groups is 1. The van der Waals surface area contributed by atoms with Crippen molar-refractivity contribution in [1.82, 2.24) is 0 Å². The van der Waals surface area contributed by atoms with Crippen LogP contribution in [0.1, 0.15) is 0 Å². The van der Waals surface area contributed by atoms with Crippen molar-refractivity contribution in [2.24, 2.45) is 10.2 Å². The number of phenols is 1. The topological polar surface area (TPSA) is 99.3 Å². The highest BCUT2D eigenvalue weighted by atomic mass is 32.2. The Morgan fingerprint density at radius 1 is 0.947 bits per heavy atom. The number of benzene rings is 2. The molecule has 0 aliphatic rings. The van der Waals surface area contributed by atoms with Gasteiger partial charge < -0.3 is 5.11 Å². The smallest absolute Gasteiger partial charge is 0.294 e. The molecule has 0 bridgehead atoms. The van der Waals surface area contributed by atoms with Crippen LogP contribution in [0.15, 0.2) is 63.7 Å². The molecular weight excluding hydrogens is 268 g/mol. The summed E-state index contributed by atoms with van der Waals surface area (Å²) in [6.45, 7) is 0. The first kappa shape index (κ1) is 13.2. The Balaban J connectivity index is 2.32. The van der Waals surface area contributed by atoms with Gasteiger partial charge in [0.2, 0.25) is 0 Å². The molecule has 2 aromatic carbocycles. The number of rotatable bonds is 3. The van der Waals surface area contributed by atoms with Crippen molar-refractivity contribution in [1.29, 1.82) is 0 Å². The number of azo groups is 1. The van der Waals surface area contributed by atoms with Crippen LogP contribution in [0, 0.1) is 0 Å². The minimum absolute atomic E-state index is 0.0304. The predicted molar refractivity (Wildman–Crippen MR) is 68.5 cm³/mol. The molecule has 0 radical (unpaired) electrons. The Hall–Kier alpha value is -2.25. The van der Waals surface area contributed by atoms with E-state index in [1.165, 1.54) is 30.3 Å². The third-order valence-electron chi connectivity index (χ3n) is 2.27. The highest BCUT2D eigenvalue weighted by Crippen LogP contribution is 2.27. The molecule has 0 atom stereocenters. The number of phenolic OH excluding ortho intramolecular Hbond substituents is 1. The lowest BCUT2D eigenvalue weighted by Gasteiger charge is -1.98. The van der Waals surface area contributed by atoms with E-state index in [9.17, 15) is 13.5 Å². The summed E-state index contributed by atoms with van der Waals surface area (Å²) in [5.41, 5.74) is 0.512. The lowest BCUT2D eigenvalue weighted by molar-refractivity contribution is 0.476. The lowest BCUT2D eigenvalue weighted by Crippen LogP contribution is -1.96. The van der Waals surface area contributed by atoms with E-state index < -0.39 is 10.1 Å². The van der Waals surface area contributed by atoms with Gasteiger partial charge >= 0.3 is 0 Å². The molecule has 0 saturated heterocycles. The van der Waals surface area contributed by atoms with Gasteiger partial charge in [-0.2, -0.15) is 13.5 Å². The summed E-state index contributed by atoms with van der Waals surface area (Å²) in [6.07, 6.45) is 0. The molecule has 0 heterocycles. The highest BCUT2D eigenvalue weighted by molar-refractivity contribution is 7.85. The Morgan fingerprint density at radius 3 is 2.37 bits per heavy atom. The van der Waals surface area contributed by atoms with Gasteiger partial charge in [0.05, 0.1) is 10.6 Å². The van der Waals surface area contributed by atoms with Gasteiger partial charge in [-0.05, 0) is 30.3 Å². The maximum Gasteiger partial charge on any atom is 0.294 e. The molecule has 0 amide bonds. The summed E-state index contributed by atoms with van der Waals surface area (Å²) in [5.74, 6) is -0.0304. The van der Waals surface area contributed by atoms with Crippen molar-refractivity contribution in [3.8, 4) is 5.75 Å². The second kappa shape index (κ2) is 5.17. The average molecular weight is 278 g/mol. The maximum atomic E-state index is 11.0. The van der Waals surface area contributed by atoms with Gasteiger partial charge in [-0.1, -0.05) is 18.2 Å². The highest BCUT2D eigenvalue weighted by Gasteiger charge is 2.09. The molecule has 0 saturated carbocycles. The van der Waals surface area contributed by atoms with Gasteiger partial charge in [-0.3, -0.25) is 4.55 Å². The van der Waals surface area contributed by atoms with Crippen LogP contribution in [0.25, 0.3) is 0 Å². The molecule has 0 aliphatic heterocycles. The van der Waals surface area contributed by atoms with Crippen molar-refractivity contribution in [3.05, 3.63) is 48.5 Å². The van der Waals surface area contributed by atoms with Crippen molar-refractivity contribution in [2.75, 3.05) is 0 Å². The zero-order chi connectivity index (χ0) is 13.9. The van der Waals surface area contributed by atoms with Crippen molar-refractivity contribution >= 4 is 21.5 Å². The lowest BCUT2D eigenvalue weighted by atomic mass is 10.3. The summed E-state index contributed by atoms with van der Waals surface area (Å²) >= 11 is 0. The molecule has 98 valence electrons. The Labute approximate surface area is 109 Å². The van der Waals surface area contributed by atoms with E-state index in [1.807, 2.05) is 0 Å². The van der Waals surface area contributed by atoms with E-state index in [4.69, 9.17) is 4.55 Å². The van der Waals surface area contributed by atoms with E-state index in [-0.39, 0.29) is 22.0 Å². The van der Waals surface area contributed by atoms with Crippen LogP contribution in [0.2, 0.25) is 0 Å². The Kier molecular flexibility index (Phi) is 3.59. The van der Waals surface area contributed by atoms with E-state index >= 15 is 0 Å². The van der Waals surface area contributed by atoms with Crippen LogP contribution in [-0.4, -0.2) is 18.1 Å². The fourth-order valence-electron chi connectivity index (χ4n) is 1.37. The fraction of sp³-hybridized carbons (Fsp3) is 0. The minimum atomic E-state index is -4.27. The molecule has 0 unspecified atom stereocenters. The van der Waals surface area contributed by atoms with E-state index in [2.05, 4.69) is 10.2 Å². The zero-order valence-corrected chi connectivity index (χ0v) is 10.4. The van der Waals surface area contributed by atoms with E-state index in [1.54, 1.807) is 18.2 Å². The summed E-state index contributed by atoms with van der Waals surface area (Å²) in [7, 11) is -4.27. The van der Waals surface area contributed by atoms with Gasteiger partial charge in [0, 0.05) is 0 Å². The summed E-state index contributed by atoms with van der Waals surface area (Å²) in [4.78, 5) is -0.263. The van der Waals surface area contributed by atoms with Crippen LogP contribution >= 0.6 is 0 Å². The third kappa shape index (κ3) is 3.36. The molecule has 0 spiro atoms. The van der Waals surface area contributed by atoms with Crippen molar-refractivity contribution in [2.45, 2.75) is 4.90 Å². The first-order valence-corrected chi connectivity index (χ1v) is 6.68. The predicted octanol–water partition coefficient (Wildman–Crippen LogP) is 3.05. The first-order valence-electron chi connectivity index (χ1n) is 5.24. The Morgan fingerprint density at radius 2 is 1.68 bits per heavy atom. The van der Waals surface area contributed by atoms with Crippen LogP contribution in [0.3, 0.4) is 0 Å². The van der Waals surface area contributed by atoms with Crippen LogP contribution in [0.5, 0.6) is 5.75 Å². The van der Waals surface area contributed by atoms with Crippen LogP contribution < -0.4 is 0 Å². The van der Waals surface area contributed by atoms with Gasteiger partial charge in [0.1, 0.15) is 11.4 Å². The second-order valence-corrected chi connectivity index (χ2v) is 5.08. The molecule has 7 heteroatoms. The maximum absolute atomic E-state index is 11.0.